The van der Waals surface area contributed by atoms with Gasteiger partial charge in [-0.15, -0.1) is 0 Å². The third-order valence-electron chi connectivity index (χ3n) is 5.24. The molecule has 4 atom stereocenters. The Bertz CT molecular complexity index is 585. The highest BCUT2D eigenvalue weighted by Crippen LogP contribution is 2.52. The standard InChI is InChI=1S/C20H26O3/c1-20(2,3)23-19(22)17-15-11-7-10-14(15)12-16(17)18(21)13-8-5-4-6-9-13/h4-6,8-9,14-17H,7,10-12H2,1-3H3/t14-,15-,16+,17+/m1/s1. The number of hydrogen-bond donors (Lipinski definition) is 0. The molecule has 0 aromatic heterocycles. The number of esters is 1. The predicted octanol–water partition coefficient (Wildman–Crippen LogP) is 4.26. The number of carbonyl (C=O) groups is 2. The average Bonchev–Trinajstić information content (AvgIpc) is 3.05. The first-order chi connectivity index (χ1) is 10.9. The quantitative estimate of drug-likeness (QED) is 0.618. The maximum absolute atomic E-state index is 13.0. The van der Waals surface area contributed by atoms with E-state index in [-0.39, 0.29) is 23.6 Å². The van der Waals surface area contributed by atoms with Crippen LogP contribution in [0.4, 0.5) is 0 Å². The lowest BCUT2D eigenvalue weighted by Gasteiger charge is -2.27. The van der Waals surface area contributed by atoms with E-state index in [1.807, 2.05) is 51.1 Å². The van der Waals surface area contributed by atoms with E-state index in [1.165, 1.54) is 6.42 Å². The zero-order chi connectivity index (χ0) is 16.6. The molecule has 0 spiro atoms. The first kappa shape index (κ1) is 16.2. The van der Waals surface area contributed by atoms with Gasteiger partial charge >= 0.3 is 5.97 Å². The van der Waals surface area contributed by atoms with Crippen molar-refractivity contribution in [2.75, 3.05) is 0 Å². The van der Waals surface area contributed by atoms with Crippen LogP contribution >= 0.6 is 0 Å². The molecule has 3 nitrogen and oxygen atoms in total. The average molecular weight is 314 g/mol. The molecule has 0 saturated heterocycles. The summed E-state index contributed by atoms with van der Waals surface area (Å²) in [6, 6.07) is 9.37. The number of rotatable bonds is 3. The summed E-state index contributed by atoms with van der Waals surface area (Å²) in [5.41, 5.74) is 0.208. The van der Waals surface area contributed by atoms with Crippen LogP contribution in [0, 0.1) is 23.7 Å². The molecule has 23 heavy (non-hydrogen) atoms. The van der Waals surface area contributed by atoms with Crippen LogP contribution in [0.5, 0.6) is 0 Å². The van der Waals surface area contributed by atoms with Gasteiger partial charge in [0.25, 0.3) is 0 Å². The van der Waals surface area contributed by atoms with E-state index < -0.39 is 5.60 Å². The molecule has 1 aromatic carbocycles. The van der Waals surface area contributed by atoms with Gasteiger partial charge in [0.1, 0.15) is 5.60 Å². The Labute approximate surface area is 138 Å². The van der Waals surface area contributed by atoms with E-state index in [9.17, 15) is 9.59 Å². The van der Waals surface area contributed by atoms with Crippen molar-refractivity contribution in [1.29, 1.82) is 0 Å². The Kier molecular flexibility index (Phi) is 4.31. The van der Waals surface area contributed by atoms with Crippen LogP contribution in [-0.2, 0) is 9.53 Å². The number of fused-ring (bicyclic) bond motifs is 1. The van der Waals surface area contributed by atoms with Crippen molar-refractivity contribution in [3.63, 3.8) is 0 Å². The van der Waals surface area contributed by atoms with Gasteiger partial charge in [0.2, 0.25) is 0 Å². The van der Waals surface area contributed by atoms with Gasteiger partial charge in [-0.25, -0.2) is 0 Å². The largest absolute Gasteiger partial charge is 0.460 e. The molecule has 2 fully saturated rings. The second-order valence-corrected chi connectivity index (χ2v) is 7.99. The zero-order valence-electron chi connectivity index (χ0n) is 14.2. The van der Waals surface area contributed by atoms with Crippen LogP contribution in [0.2, 0.25) is 0 Å². The second-order valence-electron chi connectivity index (χ2n) is 7.99. The van der Waals surface area contributed by atoms with Crippen LogP contribution < -0.4 is 0 Å². The highest BCUT2D eigenvalue weighted by molar-refractivity contribution is 6.00. The van der Waals surface area contributed by atoms with Gasteiger partial charge in [-0.05, 0) is 45.4 Å². The van der Waals surface area contributed by atoms with Gasteiger partial charge in [-0.3, -0.25) is 9.59 Å². The molecule has 0 heterocycles. The molecule has 0 radical (unpaired) electrons. The molecule has 124 valence electrons. The minimum atomic E-state index is -0.506. The van der Waals surface area contributed by atoms with Crippen molar-refractivity contribution in [2.45, 2.75) is 52.1 Å². The summed E-state index contributed by atoms with van der Waals surface area (Å²) in [4.78, 5) is 25.7. The van der Waals surface area contributed by atoms with Gasteiger partial charge in [0, 0.05) is 11.5 Å². The van der Waals surface area contributed by atoms with Gasteiger partial charge < -0.3 is 4.74 Å². The SMILES string of the molecule is CC(C)(C)OC(=O)[C@H]1[C@@H]2CCC[C@@H]2C[C@@H]1C(=O)c1ccccc1. The molecule has 0 aliphatic heterocycles. The van der Waals surface area contributed by atoms with E-state index >= 15 is 0 Å². The van der Waals surface area contributed by atoms with Crippen molar-refractivity contribution >= 4 is 11.8 Å². The lowest BCUT2D eigenvalue weighted by molar-refractivity contribution is -0.162. The zero-order valence-corrected chi connectivity index (χ0v) is 14.2. The van der Waals surface area contributed by atoms with Crippen LogP contribution in [0.15, 0.2) is 30.3 Å². The maximum Gasteiger partial charge on any atom is 0.310 e. The van der Waals surface area contributed by atoms with Crippen LogP contribution in [0.3, 0.4) is 0 Å². The lowest BCUT2D eigenvalue weighted by atomic mass is 9.83. The third kappa shape index (κ3) is 3.34. The fourth-order valence-corrected chi connectivity index (χ4v) is 4.40. The van der Waals surface area contributed by atoms with Crippen LogP contribution in [-0.4, -0.2) is 17.4 Å². The van der Waals surface area contributed by atoms with E-state index in [0.29, 0.717) is 17.4 Å². The summed E-state index contributed by atoms with van der Waals surface area (Å²) in [6.07, 6.45) is 4.19. The first-order valence-corrected chi connectivity index (χ1v) is 8.69. The van der Waals surface area contributed by atoms with Gasteiger partial charge in [-0.2, -0.15) is 0 Å². The fourth-order valence-electron chi connectivity index (χ4n) is 4.40. The normalized spacial score (nSPS) is 30.0. The summed E-state index contributed by atoms with van der Waals surface area (Å²) < 4.78 is 5.65. The van der Waals surface area contributed by atoms with Crippen molar-refractivity contribution in [2.24, 2.45) is 23.7 Å². The Morgan fingerprint density at radius 2 is 1.78 bits per heavy atom. The molecular formula is C20H26O3. The molecule has 3 rings (SSSR count). The summed E-state index contributed by atoms with van der Waals surface area (Å²) in [6.45, 7) is 5.67. The summed E-state index contributed by atoms with van der Waals surface area (Å²) >= 11 is 0. The highest BCUT2D eigenvalue weighted by atomic mass is 16.6. The molecule has 2 saturated carbocycles. The number of benzene rings is 1. The highest BCUT2D eigenvalue weighted by Gasteiger charge is 2.52. The fraction of sp³-hybridized carbons (Fsp3) is 0.600. The third-order valence-corrected chi connectivity index (χ3v) is 5.24. The van der Waals surface area contributed by atoms with Gasteiger partial charge in [0.15, 0.2) is 5.78 Å². The molecular weight excluding hydrogens is 288 g/mol. The lowest BCUT2D eigenvalue weighted by Crippen LogP contribution is -2.35. The Balaban J connectivity index is 1.86. The minimum absolute atomic E-state index is 0.107. The monoisotopic (exact) mass is 314 g/mol. The van der Waals surface area contributed by atoms with E-state index in [4.69, 9.17) is 4.74 Å². The van der Waals surface area contributed by atoms with E-state index in [0.717, 1.165) is 19.3 Å². The molecule has 0 amide bonds. The minimum Gasteiger partial charge on any atom is -0.460 e. The second kappa shape index (κ2) is 6.10. The predicted molar refractivity (Wildman–Crippen MR) is 89.0 cm³/mol. The van der Waals surface area contributed by atoms with Gasteiger partial charge in [0.05, 0.1) is 5.92 Å². The summed E-state index contributed by atoms with van der Waals surface area (Å²) in [7, 11) is 0. The molecule has 2 aliphatic carbocycles. The molecule has 1 aromatic rings. The summed E-state index contributed by atoms with van der Waals surface area (Å²) in [5, 5.41) is 0. The van der Waals surface area contributed by atoms with Crippen molar-refractivity contribution in [3.8, 4) is 0 Å². The van der Waals surface area contributed by atoms with Crippen LogP contribution in [0.1, 0.15) is 56.8 Å². The van der Waals surface area contributed by atoms with Crippen LogP contribution in [0.25, 0.3) is 0 Å². The molecule has 0 N–H and O–H groups in total. The summed E-state index contributed by atoms with van der Waals surface area (Å²) in [5.74, 6) is 0.265. The van der Waals surface area contributed by atoms with Crippen molar-refractivity contribution in [1.82, 2.24) is 0 Å². The number of hydrogen-bond acceptors (Lipinski definition) is 3. The number of Topliss-reactive ketones (excluding diaryl/α,β-unsaturated/α-hetero) is 1. The van der Waals surface area contributed by atoms with Gasteiger partial charge in [-0.1, -0.05) is 43.2 Å². The Morgan fingerprint density at radius 1 is 1.09 bits per heavy atom. The Hall–Kier alpha value is -1.64. The maximum atomic E-state index is 13.0. The topological polar surface area (TPSA) is 43.4 Å². The molecule has 2 aliphatic rings. The number of ether oxygens (including phenoxy) is 1. The molecule has 0 unspecified atom stereocenters. The van der Waals surface area contributed by atoms with Crippen molar-refractivity contribution in [3.05, 3.63) is 35.9 Å². The number of ketones is 1. The van der Waals surface area contributed by atoms with E-state index in [1.54, 1.807) is 0 Å². The number of carbonyl (C=O) groups excluding carboxylic acids is 2. The van der Waals surface area contributed by atoms with E-state index in [2.05, 4.69) is 0 Å². The first-order valence-electron chi connectivity index (χ1n) is 8.69. The smallest absolute Gasteiger partial charge is 0.310 e. The molecule has 3 heteroatoms. The molecule has 0 bridgehead atoms. The van der Waals surface area contributed by atoms with Crippen molar-refractivity contribution < 1.29 is 14.3 Å². The Morgan fingerprint density at radius 3 is 2.43 bits per heavy atom.